The summed E-state index contributed by atoms with van der Waals surface area (Å²) < 4.78 is 7.56. The van der Waals surface area contributed by atoms with E-state index in [1.54, 1.807) is 4.40 Å². The first-order valence-electron chi connectivity index (χ1n) is 18.4. The van der Waals surface area contributed by atoms with Crippen molar-refractivity contribution in [3.63, 3.8) is 0 Å². The number of nitrogens with zero attached hydrogens (tertiary/aromatic N) is 2. The summed E-state index contributed by atoms with van der Waals surface area (Å²) in [4.78, 5) is 9.39. The number of benzene rings is 3. The van der Waals surface area contributed by atoms with E-state index >= 15 is 0 Å². The molecule has 0 bridgehead atoms. The Morgan fingerprint density at radius 1 is 0.860 bits per heavy atom. The molecule has 0 aliphatic heterocycles. The maximum atomic E-state index is 6.01. The van der Waals surface area contributed by atoms with Crippen LogP contribution in [0.4, 0.5) is 0 Å². The molecule has 3 nitrogen and oxygen atoms in total. The molecule has 2 unspecified atom stereocenters. The van der Waals surface area contributed by atoms with E-state index in [4.69, 9.17) is 9.40 Å². The van der Waals surface area contributed by atoms with E-state index in [2.05, 4.69) is 111 Å². The molecule has 0 spiro atoms. The largest absolute Gasteiger partial charge is 0.500 e. The van der Waals surface area contributed by atoms with Crippen molar-refractivity contribution < 1.29 is 24.5 Å². The smallest absolute Gasteiger partial charge is 0.121 e. The molecule has 1 fully saturated rings. The summed E-state index contributed by atoms with van der Waals surface area (Å²) >= 11 is -1.87. The van der Waals surface area contributed by atoms with Crippen molar-refractivity contribution >= 4 is 39.6 Å². The molecule has 1 saturated carbocycles. The molecule has 1 aliphatic carbocycles. The summed E-state index contributed by atoms with van der Waals surface area (Å²) in [5, 5.41) is 2.34. The van der Waals surface area contributed by atoms with Crippen LogP contribution >= 0.6 is 0 Å². The third-order valence-corrected chi connectivity index (χ3v) is 15.0. The van der Waals surface area contributed by atoms with Crippen molar-refractivity contribution in [1.29, 1.82) is 0 Å². The third-order valence-electron chi connectivity index (χ3n) is 10.6. The molecule has 3 aromatic heterocycles. The molecule has 50 heavy (non-hydrogen) atoms. The molecule has 3 aromatic carbocycles. The molecular formula is C45H52GeIrN2O-2. The standard InChI is InChI=1S/C26H26NO.C19H26GeN.Ir/c1-17-7-6-10-25-26(17)22-15-21(11-12-24(22)28-25)23-16-20(13-14-27-23)18(2)19-8-4-3-5-9-19;1-6-15(2)12-17-13-19(16-10-8-7-9-11-16)21-14-18(17)20(3,4)5;/h6-7,10,12-16,18-19H,3-5,8-9H2,1-2H3;7-10,13-15H,6,12H2,1-5H3;/q2*-1;. The number of furan rings is 1. The summed E-state index contributed by atoms with van der Waals surface area (Å²) in [7, 11) is 0. The van der Waals surface area contributed by atoms with Crippen LogP contribution in [-0.2, 0) is 26.5 Å². The number of aryl methyl sites for hydroxylation is 1. The summed E-state index contributed by atoms with van der Waals surface area (Å²) in [5.74, 6) is 9.46. The van der Waals surface area contributed by atoms with Gasteiger partial charge in [0.05, 0.1) is 5.58 Å². The van der Waals surface area contributed by atoms with Crippen molar-refractivity contribution in [1.82, 2.24) is 9.97 Å². The predicted molar refractivity (Wildman–Crippen MR) is 210 cm³/mol. The summed E-state index contributed by atoms with van der Waals surface area (Å²) in [6, 6.07) is 31.9. The van der Waals surface area contributed by atoms with Gasteiger partial charge in [0.1, 0.15) is 5.58 Å². The molecular weight excluding hydrogens is 849 g/mol. The Labute approximate surface area is 316 Å². The van der Waals surface area contributed by atoms with Crippen LogP contribution in [0.25, 0.3) is 44.5 Å². The second kappa shape index (κ2) is 17.0. The third kappa shape index (κ3) is 8.87. The number of aromatic nitrogens is 2. The fourth-order valence-corrected chi connectivity index (χ4v) is 10.8. The van der Waals surface area contributed by atoms with Gasteiger partial charge in [-0.05, 0) is 55.0 Å². The Morgan fingerprint density at radius 3 is 2.36 bits per heavy atom. The maximum Gasteiger partial charge on any atom is 0.121 e. The molecule has 3 heterocycles. The average Bonchev–Trinajstić information content (AvgIpc) is 3.51. The molecule has 0 saturated heterocycles. The fraction of sp³-hybridized carbons (Fsp3) is 0.378. The number of rotatable bonds is 8. The summed E-state index contributed by atoms with van der Waals surface area (Å²) in [6.07, 6.45) is 13.4. The number of hydrogen-bond donors (Lipinski definition) is 0. The van der Waals surface area contributed by atoms with Gasteiger partial charge in [-0.3, -0.25) is 0 Å². The second-order valence-electron chi connectivity index (χ2n) is 15.3. The van der Waals surface area contributed by atoms with Crippen LogP contribution < -0.4 is 4.40 Å². The van der Waals surface area contributed by atoms with Crippen LogP contribution in [0.3, 0.4) is 0 Å². The number of hydrogen-bond acceptors (Lipinski definition) is 3. The molecule has 1 radical (unpaired) electrons. The van der Waals surface area contributed by atoms with E-state index in [0.717, 1.165) is 57.3 Å². The number of pyridine rings is 2. The van der Waals surface area contributed by atoms with Gasteiger partial charge in [0.15, 0.2) is 0 Å². The van der Waals surface area contributed by atoms with Gasteiger partial charge in [0.25, 0.3) is 0 Å². The van der Waals surface area contributed by atoms with Crippen molar-refractivity contribution in [2.75, 3.05) is 0 Å². The van der Waals surface area contributed by atoms with E-state index in [1.165, 1.54) is 60.6 Å². The first kappa shape index (κ1) is 38.2. The van der Waals surface area contributed by atoms with Gasteiger partial charge in [0, 0.05) is 31.7 Å². The maximum absolute atomic E-state index is 6.01. The molecule has 1 aliphatic rings. The van der Waals surface area contributed by atoms with Gasteiger partial charge in [-0.1, -0.05) is 55.3 Å². The Bertz CT molecular complexity index is 2010. The zero-order chi connectivity index (χ0) is 34.5. The van der Waals surface area contributed by atoms with Gasteiger partial charge in [-0.25, -0.2) is 0 Å². The van der Waals surface area contributed by atoms with Crippen LogP contribution in [0, 0.1) is 30.9 Å². The van der Waals surface area contributed by atoms with Gasteiger partial charge < -0.3 is 9.40 Å². The molecule has 263 valence electrons. The zero-order valence-electron chi connectivity index (χ0n) is 30.9. The van der Waals surface area contributed by atoms with Gasteiger partial charge in [-0.2, -0.15) is 0 Å². The summed E-state index contributed by atoms with van der Waals surface area (Å²) in [5.41, 5.74) is 10.2. The molecule has 5 heteroatoms. The molecule has 7 rings (SSSR count). The predicted octanol–water partition coefficient (Wildman–Crippen LogP) is 12.1. The normalized spacial score (nSPS) is 14.9. The van der Waals surface area contributed by atoms with Crippen molar-refractivity contribution in [2.45, 2.75) is 95.8 Å². The van der Waals surface area contributed by atoms with Crippen LogP contribution in [-0.4, -0.2) is 23.2 Å². The molecule has 6 aromatic rings. The van der Waals surface area contributed by atoms with Crippen LogP contribution in [0.15, 0.2) is 89.6 Å². The first-order chi connectivity index (χ1) is 23.6. The zero-order valence-corrected chi connectivity index (χ0v) is 35.4. The van der Waals surface area contributed by atoms with E-state index < -0.39 is 13.3 Å². The molecule has 0 N–H and O–H groups in total. The Balaban J connectivity index is 0.000000199. The van der Waals surface area contributed by atoms with Crippen LogP contribution in [0.1, 0.15) is 81.9 Å². The van der Waals surface area contributed by atoms with Crippen LogP contribution in [0.5, 0.6) is 0 Å². The van der Waals surface area contributed by atoms with E-state index in [-0.39, 0.29) is 20.1 Å². The number of fused-ring (bicyclic) bond motifs is 3. The monoisotopic (exact) mass is 903 g/mol. The second-order valence-corrected chi connectivity index (χ2v) is 25.9. The van der Waals surface area contributed by atoms with Crippen LogP contribution in [0.2, 0.25) is 17.3 Å². The van der Waals surface area contributed by atoms with Crippen molar-refractivity contribution in [3.8, 4) is 22.5 Å². The average molecular weight is 902 g/mol. The fourth-order valence-electron chi connectivity index (χ4n) is 7.44. The quantitative estimate of drug-likeness (QED) is 0.113. The minimum atomic E-state index is -1.87. The minimum Gasteiger partial charge on any atom is -0.500 e. The first-order valence-corrected chi connectivity index (χ1v) is 25.7. The van der Waals surface area contributed by atoms with Crippen molar-refractivity contribution in [2.24, 2.45) is 11.8 Å². The van der Waals surface area contributed by atoms with E-state index in [9.17, 15) is 0 Å². The van der Waals surface area contributed by atoms with Gasteiger partial charge in [0.2, 0.25) is 0 Å². The topological polar surface area (TPSA) is 38.9 Å². The molecule has 2 atom stereocenters. The SMILES string of the molecule is CCC(C)Cc1cc(-c2[c-]cccc2)nc[c]1[Ge]([CH3])([CH3])[CH3].Cc1cccc2oc3c[c-]c(-c4cc(C(C)C5CCCCC5)ccn4)cc3c12.[Ir]. The van der Waals surface area contributed by atoms with Crippen molar-refractivity contribution in [3.05, 3.63) is 114 Å². The Morgan fingerprint density at radius 2 is 1.64 bits per heavy atom. The Hall–Kier alpha value is -3.05. The van der Waals surface area contributed by atoms with E-state index in [0.29, 0.717) is 5.92 Å². The summed E-state index contributed by atoms with van der Waals surface area (Å²) in [6.45, 7) is 9.14. The Kier molecular flexibility index (Phi) is 13.0. The van der Waals surface area contributed by atoms with E-state index in [1.807, 2.05) is 36.5 Å². The van der Waals surface area contributed by atoms with Gasteiger partial charge in [-0.15, -0.1) is 23.8 Å². The minimum absolute atomic E-state index is 0. The van der Waals surface area contributed by atoms with Gasteiger partial charge >= 0.3 is 132 Å². The molecule has 0 amide bonds.